The van der Waals surface area contributed by atoms with Crippen LogP contribution in [0.25, 0.3) is 0 Å². The van der Waals surface area contributed by atoms with Gasteiger partial charge < -0.3 is 0 Å². The van der Waals surface area contributed by atoms with E-state index in [9.17, 15) is 14.9 Å². The van der Waals surface area contributed by atoms with E-state index >= 15 is 0 Å². The van der Waals surface area contributed by atoms with Crippen LogP contribution in [-0.4, -0.2) is 10.2 Å². The second-order valence-corrected chi connectivity index (χ2v) is 4.10. The van der Waals surface area contributed by atoms with E-state index in [-0.39, 0.29) is 11.3 Å². The van der Waals surface area contributed by atoms with Crippen LogP contribution in [0.3, 0.4) is 0 Å². The fraction of sp³-hybridized carbons (Fsp3) is 0.125. The number of carbonyl (C=O) groups is 1. The predicted molar refractivity (Wildman–Crippen MR) is 60.7 cm³/mol. The lowest BCUT2D eigenvalue weighted by Crippen LogP contribution is -2.01. The molecule has 0 radical (unpaired) electrons. The molecule has 1 aromatic carbocycles. The zero-order valence-electron chi connectivity index (χ0n) is 7.08. The quantitative estimate of drug-likeness (QED) is 0.363. The predicted octanol–water partition coefficient (Wildman–Crippen LogP) is 2.89. The van der Waals surface area contributed by atoms with Crippen molar-refractivity contribution in [3.05, 3.63) is 36.9 Å². The molecule has 0 N–H and O–H groups in total. The van der Waals surface area contributed by atoms with Gasteiger partial charge in [-0.3, -0.25) is 14.9 Å². The molecular formula is C8H5ClINO3. The lowest BCUT2D eigenvalue weighted by molar-refractivity contribution is -0.386. The van der Waals surface area contributed by atoms with Crippen molar-refractivity contribution in [2.24, 2.45) is 0 Å². The van der Waals surface area contributed by atoms with E-state index < -0.39 is 10.2 Å². The Balaban J connectivity index is 3.49. The highest BCUT2D eigenvalue weighted by Crippen LogP contribution is 2.28. The summed E-state index contributed by atoms with van der Waals surface area (Å²) in [7, 11) is 0. The zero-order chi connectivity index (χ0) is 10.9. The van der Waals surface area contributed by atoms with Crippen molar-refractivity contribution in [3.63, 3.8) is 0 Å². The van der Waals surface area contributed by atoms with Gasteiger partial charge in [0.05, 0.1) is 8.49 Å². The Kier molecular flexibility index (Phi) is 3.43. The lowest BCUT2D eigenvalue weighted by atomic mass is 10.1. The molecule has 0 fully saturated rings. The van der Waals surface area contributed by atoms with E-state index in [1.807, 2.05) is 22.6 Å². The number of carbonyl (C=O) groups excluding carboxylic acids is 1. The number of nitrogens with zero attached hydrogens (tertiary/aromatic N) is 1. The van der Waals surface area contributed by atoms with Gasteiger partial charge in [0.2, 0.25) is 0 Å². The van der Waals surface area contributed by atoms with Crippen molar-refractivity contribution >= 4 is 45.1 Å². The van der Waals surface area contributed by atoms with E-state index in [1.54, 1.807) is 0 Å². The van der Waals surface area contributed by atoms with Crippen LogP contribution in [0.4, 0.5) is 5.69 Å². The molecule has 74 valence electrons. The first-order valence-corrected chi connectivity index (χ1v) is 5.04. The van der Waals surface area contributed by atoms with Crippen LogP contribution in [0, 0.1) is 20.6 Å². The molecule has 0 spiro atoms. The van der Waals surface area contributed by atoms with Crippen LogP contribution in [0.5, 0.6) is 0 Å². The van der Waals surface area contributed by atoms with Crippen molar-refractivity contribution in [1.82, 2.24) is 0 Å². The Labute approximate surface area is 98.5 Å². The third-order valence-electron chi connectivity index (χ3n) is 1.78. The summed E-state index contributed by atoms with van der Waals surface area (Å²) in [6, 6.07) is 2.99. The average Bonchev–Trinajstić information content (AvgIpc) is 2.02. The third kappa shape index (κ3) is 2.03. The molecular weight excluding hydrogens is 320 g/mol. The van der Waals surface area contributed by atoms with Crippen LogP contribution in [-0.2, 0) is 0 Å². The van der Waals surface area contributed by atoms with Gasteiger partial charge in [0.25, 0.3) is 10.9 Å². The van der Waals surface area contributed by atoms with Gasteiger partial charge in [0, 0.05) is 11.1 Å². The summed E-state index contributed by atoms with van der Waals surface area (Å²) in [5.74, 6) is 0. The van der Waals surface area contributed by atoms with E-state index in [0.717, 1.165) is 0 Å². The van der Waals surface area contributed by atoms with E-state index in [0.29, 0.717) is 9.13 Å². The van der Waals surface area contributed by atoms with Crippen molar-refractivity contribution in [3.8, 4) is 0 Å². The first-order valence-electron chi connectivity index (χ1n) is 3.58. The molecule has 0 saturated carbocycles. The van der Waals surface area contributed by atoms with Crippen molar-refractivity contribution in [2.75, 3.05) is 0 Å². The highest BCUT2D eigenvalue weighted by atomic mass is 127. The molecule has 0 atom stereocenters. The average molecular weight is 325 g/mol. The summed E-state index contributed by atoms with van der Waals surface area (Å²) in [5, 5.41) is 9.99. The van der Waals surface area contributed by atoms with Crippen molar-refractivity contribution in [2.45, 2.75) is 6.92 Å². The van der Waals surface area contributed by atoms with E-state index in [1.165, 1.54) is 19.1 Å². The number of benzene rings is 1. The van der Waals surface area contributed by atoms with Crippen LogP contribution in [0.2, 0.25) is 0 Å². The number of hydrogen-bond acceptors (Lipinski definition) is 3. The Bertz CT molecular complexity index is 419. The Hall–Kier alpha value is -0.690. The first kappa shape index (κ1) is 11.4. The van der Waals surface area contributed by atoms with Gasteiger partial charge in [-0.25, -0.2) is 0 Å². The second kappa shape index (κ2) is 4.22. The standard InChI is InChI=1S/C8H5ClINO3/c1-4-5(8(9)12)2-3-6(10)7(4)11(13)14/h2-3H,1H3. The van der Waals surface area contributed by atoms with E-state index in [4.69, 9.17) is 11.6 Å². The number of rotatable bonds is 2. The molecule has 0 bridgehead atoms. The fourth-order valence-electron chi connectivity index (χ4n) is 1.10. The molecule has 0 aliphatic carbocycles. The van der Waals surface area contributed by atoms with Gasteiger partial charge >= 0.3 is 0 Å². The van der Waals surface area contributed by atoms with E-state index in [2.05, 4.69) is 0 Å². The molecule has 0 amide bonds. The summed E-state index contributed by atoms with van der Waals surface area (Å²) in [5.41, 5.74) is 0.429. The summed E-state index contributed by atoms with van der Waals surface area (Å²) in [6.45, 7) is 1.51. The number of hydrogen-bond donors (Lipinski definition) is 0. The minimum absolute atomic E-state index is 0.0582. The summed E-state index contributed by atoms with van der Waals surface area (Å²) in [4.78, 5) is 21.0. The Morgan fingerprint density at radius 2 is 2.14 bits per heavy atom. The SMILES string of the molecule is Cc1c(C(=O)Cl)ccc(I)c1[N+](=O)[O-]. The number of nitro benzene ring substituents is 1. The Morgan fingerprint density at radius 1 is 1.57 bits per heavy atom. The normalized spacial score (nSPS) is 9.93. The molecule has 1 rings (SSSR count). The largest absolute Gasteiger partial charge is 0.286 e. The van der Waals surface area contributed by atoms with Gasteiger partial charge in [0.15, 0.2) is 0 Å². The number of nitro groups is 1. The molecule has 4 nitrogen and oxygen atoms in total. The smallest absolute Gasteiger partial charge is 0.276 e. The zero-order valence-corrected chi connectivity index (χ0v) is 10.00. The van der Waals surface area contributed by atoms with Crippen LogP contribution in [0.1, 0.15) is 15.9 Å². The highest BCUT2D eigenvalue weighted by Gasteiger charge is 2.20. The molecule has 0 aromatic heterocycles. The third-order valence-corrected chi connectivity index (χ3v) is 2.85. The van der Waals surface area contributed by atoms with Gasteiger partial charge in [-0.2, -0.15) is 0 Å². The maximum atomic E-state index is 10.9. The highest BCUT2D eigenvalue weighted by molar-refractivity contribution is 14.1. The molecule has 6 heteroatoms. The summed E-state index contributed by atoms with van der Waals surface area (Å²) < 4.78 is 0.492. The monoisotopic (exact) mass is 325 g/mol. The van der Waals surface area contributed by atoms with Crippen LogP contribution in [0.15, 0.2) is 12.1 Å². The molecule has 14 heavy (non-hydrogen) atoms. The van der Waals surface area contributed by atoms with Crippen LogP contribution < -0.4 is 0 Å². The molecule has 0 unspecified atom stereocenters. The van der Waals surface area contributed by atoms with Gasteiger partial charge in [-0.15, -0.1) is 0 Å². The molecule has 0 aliphatic rings. The van der Waals surface area contributed by atoms with Crippen molar-refractivity contribution in [1.29, 1.82) is 0 Å². The second-order valence-electron chi connectivity index (χ2n) is 2.60. The van der Waals surface area contributed by atoms with Gasteiger partial charge in [0.1, 0.15) is 0 Å². The lowest BCUT2D eigenvalue weighted by Gasteiger charge is -2.03. The molecule has 0 aliphatic heterocycles. The molecule has 0 heterocycles. The maximum Gasteiger partial charge on any atom is 0.286 e. The number of halogens is 2. The summed E-state index contributed by atoms with van der Waals surface area (Å²) in [6.07, 6.45) is 0. The topological polar surface area (TPSA) is 60.2 Å². The fourth-order valence-corrected chi connectivity index (χ4v) is 2.09. The molecule has 1 aromatic rings. The maximum absolute atomic E-state index is 10.9. The minimum Gasteiger partial charge on any atom is -0.276 e. The first-order chi connectivity index (χ1) is 6.45. The van der Waals surface area contributed by atoms with Gasteiger partial charge in [-0.1, -0.05) is 0 Å². The minimum atomic E-state index is -0.679. The van der Waals surface area contributed by atoms with Crippen LogP contribution >= 0.6 is 34.2 Å². The molecule has 0 saturated heterocycles. The summed E-state index contributed by atoms with van der Waals surface area (Å²) >= 11 is 7.12. The Morgan fingerprint density at radius 3 is 2.57 bits per heavy atom. The van der Waals surface area contributed by atoms with Gasteiger partial charge in [-0.05, 0) is 53.2 Å². The van der Waals surface area contributed by atoms with Crippen molar-refractivity contribution < 1.29 is 9.72 Å².